The second-order valence-corrected chi connectivity index (χ2v) is 3.57. The Kier molecular flexibility index (Phi) is 5.14. The molecule has 0 aliphatic carbocycles. The van der Waals surface area contributed by atoms with Gasteiger partial charge in [0.1, 0.15) is 11.3 Å². The Hall–Kier alpha value is -1.79. The van der Waals surface area contributed by atoms with Crippen molar-refractivity contribution in [3.05, 3.63) is 29.8 Å². The molecule has 3 nitrogen and oxygen atoms in total. The average molecular weight is 280 g/mol. The summed E-state index contributed by atoms with van der Waals surface area (Å²) >= 11 is 0. The van der Waals surface area contributed by atoms with Crippen LogP contribution in [0.2, 0.25) is 0 Å². The summed E-state index contributed by atoms with van der Waals surface area (Å²) in [4.78, 5) is 11.5. The van der Waals surface area contributed by atoms with Gasteiger partial charge in [0.15, 0.2) is 6.61 Å². The molecular weight excluding hydrogens is 268 g/mol. The summed E-state index contributed by atoms with van der Waals surface area (Å²) in [6.45, 7) is 0.160. The van der Waals surface area contributed by atoms with E-state index in [1.807, 2.05) is 0 Å². The maximum atomic E-state index is 12.7. The van der Waals surface area contributed by atoms with E-state index < -0.39 is 24.9 Å². The van der Waals surface area contributed by atoms with Crippen LogP contribution >= 0.6 is 0 Å². The van der Waals surface area contributed by atoms with Crippen LogP contribution in [-0.4, -0.2) is 31.5 Å². The van der Waals surface area contributed by atoms with Gasteiger partial charge in [-0.05, 0) is 19.1 Å². The molecule has 0 aromatic heterocycles. The fourth-order valence-electron chi connectivity index (χ4n) is 1.21. The van der Waals surface area contributed by atoms with Gasteiger partial charge in [-0.25, -0.2) is 13.6 Å². The summed E-state index contributed by atoms with van der Waals surface area (Å²) in [6, 6.07) is 5.44. The summed E-state index contributed by atoms with van der Waals surface area (Å²) < 4.78 is 58.7. The number of halogens is 4. The molecule has 19 heavy (non-hydrogen) atoms. The van der Waals surface area contributed by atoms with Crippen molar-refractivity contribution in [3.63, 3.8) is 0 Å². The van der Waals surface area contributed by atoms with E-state index >= 15 is 0 Å². The first-order chi connectivity index (χ1) is 8.88. The van der Waals surface area contributed by atoms with Crippen LogP contribution in [0.3, 0.4) is 0 Å². The molecule has 106 valence electrons. The summed E-state index contributed by atoms with van der Waals surface area (Å²) in [5.41, 5.74) is -0.0885. The lowest BCUT2D eigenvalue weighted by Gasteiger charge is -2.17. The Morgan fingerprint density at radius 3 is 2.53 bits per heavy atom. The van der Waals surface area contributed by atoms with E-state index in [1.54, 1.807) is 6.92 Å². The molecule has 0 unspecified atom stereocenters. The third-order valence-electron chi connectivity index (χ3n) is 2.12. The topological polar surface area (TPSA) is 35.5 Å². The molecule has 0 atom stereocenters. The van der Waals surface area contributed by atoms with E-state index in [9.17, 15) is 22.4 Å². The number of hydrogen-bond donors (Lipinski definition) is 0. The SMILES string of the molecule is CCOC(=O)c1ccccc1OCC(F)(F)C(F)F. The summed E-state index contributed by atoms with van der Waals surface area (Å²) in [5.74, 6) is -5.26. The minimum atomic E-state index is -4.28. The first-order valence-electron chi connectivity index (χ1n) is 5.43. The Morgan fingerprint density at radius 2 is 1.95 bits per heavy atom. The quantitative estimate of drug-likeness (QED) is 0.593. The van der Waals surface area contributed by atoms with Gasteiger partial charge in [-0.3, -0.25) is 0 Å². The van der Waals surface area contributed by atoms with Crippen LogP contribution in [0.1, 0.15) is 17.3 Å². The monoisotopic (exact) mass is 280 g/mol. The second-order valence-electron chi connectivity index (χ2n) is 3.57. The number of alkyl halides is 4. The van der Waals surface area contributed by atoms with Gasteiger partial charge in [-0.1, -0.05) is 12.1 Å². The van der Waals surface area contributed by atoms with Gasteiger partial charge >= 0.3 is 18.3 Å². The van der Waals surface area contributed by atoms with Crippen molar-refractivity contribution in [3.8, 4) is 5.75 Å². The molecule has 1 rings (SSSR count). The van der Waals surface area contributed by atoms with Gasteiger partial charge < -0.3 is 9.47 Å². The number of para-hydroxylation sites is 1. The number of benzene rings is 1. The smallest absolute Gasteiger partial charge is 0.341 e. The number of carbonyl (C=O) groups is 1. The van der Waals surface area contributed by atoms with Crippen LogP contribution in [0, 0.1) is 0 Å². The molecule has 0 amide bonds. The highest BCUT2D eigenvalue weighted by Crippen LogP contribution is 2.26. The van der Waals surface area contributed by atoms with E-state index in [1.165, 1.54) is 24.3 Å². The van der Waals surface area contributed by atoms with Crippen molar-refractivity contribution >= 4 is 5.97 Å². The molecule has 7 heteroatoms. The minimum Gasteiger partial charge on any atom is -0.486 e. The zero-order valence-electron chi connectivity index (χ0n) is 10.0. The minimum absolute atomic E-state index is 0.0885. The first-order valence-corrected chi connectivity index (χ1v) is 5.43. The zero-order chi connectivity index (χ0) is 14.5. The highest BCUT2D eigenvalue weighted by molar-refractivity contribution is 5.92. The lowest BCUT2D eigenvalue weighted by atomic mass is 10.2. The highest BCUT2D eigenvalue weighted by atomic mass is 19.3. The van der Waals surface area contributed by atoms with Crippen molar-refractivity contribution in [2.45, 2.75) is 19.3 Å². The van der Waals surface area contributed by atoms with E-state index in [0.717, 1.165) is 0 Å². The molecule has 0 fully saturated rings. The predicted molar refractivity (Wildman–Crippen MR) is 58.8 cm³/mol. The summed E-state index contributed by atoms with van der Waals surface area (Å²) in [7, 11) is 0. The van der Waals surface area contributed by atoms with Gasteiger partial charge in [-0.15, -0.1) is 0 Å². The van der Waals surface area contributed by atoms with Gasteiger partial charge in [0, 0.05) is 0 Å². The summed E-state index contributed by atoms with van der Waals surface area (Å²) in [6.07, 6.45) is -3.83. The normalized spacial score (nSPS) is 11.5. The molecule has 0 bridgehead atoms. The fraction of sp³-hybridized carbons (Fsp3) is 0.417. The van der Waals surface area contributed by atoms with Gasteiger partial charge in [0.05, 0.1) is 6.61 Å². The molecule has 0 radical (unpaired) electrons. The van der Waals surface area contributed by atoms with E-state index in [4.69, 9.17) is 4.74 Å². The molecule has 0 saturated heterocycles. The maximum Gasteiger partial charge on any atom is 0.341 e. The van der Waals surface area contributed by atoms with Crippen molar-refractivity contribution in [1.29, 1.82) is 0 Å². The second kappa shape index (κ2) is 6.40. The van der Waals surface area contributed by atoms with Gasteiger partial charge in [0.2, 0.25) is 0 Å². The Bertz CT molecular complexity index is 435. The number of ether oxygens (including phenoxy) is 2. The van der Waals surface area contributed by atoms with Crippen molar-refractivity contribution in [1.82, 2.24) is 0 Å². The van der Waals surface area contributed by atoms with Crippen molar-refractivity contribution < 1.29 is 31.8 Å². The van der Waals surface area contributed by atoms with Gasteiger partial charge in [-0.2, -0.15) is 8.78 Å². The molecule has 0 aliphatic heterocycles. The predicted octanol–water partition coefficient (Wildman–Crippen LogP) is 3.14. The van der Waals surface area contributed by atoms with Crippen LogP contribution in [0.4, 0.5) is 17.6 Å². The van der Waals surface area contributed by atoms with Crippen LogP contribution in [0.5, 0.6) is 5.75 Å². The van der Waals surface area contributed by atoms with E-state index in [-0.39, 0.29) is 17.9 Å². The lowest BCUT2D eigenvalue weighted by molar-refractivity contribution is -0.148. The Balaban J connectivity index is 2.82. The molecule has 1 aromatic carbocycles. The van der Waals surface area contributed by atoms with E-state index in [2.05, 4.69) is 4.74 Å². The zero-order valence-corrected chi connectivity index (χ0v) is 10.0. The van der Waals surface area contributed by atoms with Crippen LogP contribution in [0.25, 0.3) is 0 Å². The molecule has 1 aromatic rings. The highest BCUT2D eigenvalue weighted by Gasteiger charge is 2.42. The third kappa shape index (κ3) is 4.11. The number of hydrogen-bond acceptors (Lipinski definition) is 3. The van der Waals surface area contributed by atoms with Crippen molar-refractivity contribution in [2.75, 3.05) is 13.2 Å². The van der Waals surface area contributed by atoms with Crippen molar-refractivity contribution in [2.24, 2.45) is 0 Å². The average Bonchev–Trinajstić information content (AvgIpc) is 2.37. The molecule has 0 spiro atoms. The first kappa shape index (κ1) is 15.3. The molecule has 0 aliphatic rings. The van der Waals surface area contributed by atoms with E-state index in [0.29, 0.717) is 0 Å². The number of esters is 1. The fourth-order valence-corrected chi connectivity index (χ4v) is 1.21. The van der Waals surface area contributed by atoms with Crippen LogP contribution < -0.4 is 4.74 Å². The van der Waals surface area contributed by atoms with Gasteiger partial charge in [0.25, 0.3) is 0 Å². The Morgan fingerprint density at radius 1 is 1.32 bits per heavy atom. The molecular formula is C12H12F4O3. The molecule has 0 saturated carbocycles. The standard InChI is InChI=1S/C12H12F4O3/c1-2-18-10(17)8-5-3-4-6-9(8)19-7-12(15,16)11(13)14/h3-6,11H,2,7H2,1H3. The van der Waals surface area contributed by atoms with Crippen LogP contribution in [0.15, 0.2) is 24.3 Å². The lowest BCUT2D eigenvalue weighted by Crippen LogP contribution is -2.34. The third-order valence-corrected chi connectivity index (χ3v) is 2.12. The molecule has 0 heterocycles. The number of carbonyl (C=O) groups excluding carboxylic acids is 1. The largest absolute Gasteiger partial charge is 0.486 e. The van der Waals surface area contributed by atoms with Crippen LogP contribution in [-0.2, 0) is 4.74 Å². The number of rotatable bonds is 6. The Labute approximate surface area is 107 Å². The maximum absolute atomic E-state index is 12.7. The summed E-state index contributed by atoms with van der Waals surface area (Å²) in [5, 5.41) is 0. The molecule has 0 N–H and O–H groups in total.